The van der Waals surface area contributed by atoms with Gasteiger partial charge in [0.15, 0.2) is 0 Å². The standard InChI is InChI=1S/C24H27N3O3S/c1-19-3-13-24(14-4-19)31(28,29)25-20-5-7-21(8-6-20)26-15-17-27(18-16-26)22-9-11-23(30-2)12-10-22/h3-14,25H,15-18H2,1-2H3. The summed E-state index contributed by atoms with van der Waals surface area (Å²) < 4.78 is 33.0. The van der Waals surface area contributed by atoms with Crippen molar-refractivity contribution in [1.82, 2.24) is 0 Å². The number of hydrogen-bond acceptors (Lipinski definition) is 5. The van der Waals surface area contributed by atoms with Gasteiger partial charge in [0.2, 0.25) is 0 Å². The Bertz CT molecular complexity index is 1100. The number of methoxy groups -OCH3 is 1. The molecule has 6 nitrogen and oxygen atoms in total. The number of aryl methyl sites for hydroxylation is 1. The Kier molecular flexibility index (Phi) is 6.04. The monoisotopic (exact) mass is 437 g/mol. The van der Waals surface area contributed by atoms with E-state index >= 15 is 0 Å². The van der Waals surface area contributed by atoms with Crippen molar-refractivity contribution in [2.24, 2.45) is 0 Å². The van der Waals surface area contributed by atoms with Crippen LogP contribution < -0.4 is 19.3 Å². The van der Waals surface area contributed by atoms with Gasteiger partial charge in [0.25, 0.3) is 10.0 Å². The van der Waals surface area contributed by atoms with Gasteiger partial charge in [-0.3, -0.25) is 4.72 Å². The van der Waals surface area contributed by atoms with Crippen LogP contribution >= 0.6 is 0 Å². The van der Waals surface area contributed by atoms with Crippen molar-refractivity contribution >= 4 is 27.1 Å². The van der Waals surface area contributed by atoms with Crippen molar-refractivity contribution in [2.75, 3.05) is 47.8 Å². The second-order valence-electron chi connectivity index (χ2n) is 7.64. The maximum atomic E-state index is 12.6. The molecule has 1 aliphatic rings. The summed E-state index contributed by atoms with van der Waals surface area (Å²) in [7, 11) is -1.92. The molecule has 1 N–H and O–H groups in total. The molecule has 31 heavy (non-hydrogen) atoms. The van der Waals surface area contributed by atoms with Gasteiger partial charge in [0, 0.05) is 43.2 Å². The van der Waals surface area contributed by atoms with Crippen LogP contribution in [0.15, 0.2) is 77.7 Å². The van der Waals surface area contributed by atoms with Crippen molar-refractivity contribution in [2.45, 2.75) is 11.8 Å². The lowest BCUT2D eigenvalue weighted by molar-refractivity contribution is 0.415. The highest BCUT2D eigenvalue weighted by Crippen LogP contribution is 2.24. The van der Waals surface area contributed by atoms with E-state index < -0.39 is 10.0 Å². The van der Waals surface area contributed by atoms with Crippen LogP contribution in [0.25, 0.3) is 0 Å². The van der Waals surface area contributed by atoms with Crippen LogP contribution in [0.5, 0.6) is 5.75 Å². The van der Waals surface area contributed by atoms with Gasteiger partial charge < -0.3 is 14.5 Å². The fraction of sp³-hybridized carbons (Fsp3) is 0.250. The maximum Gasteiger partial charge on any atom is 0.261 e. The average Bonchev–Trinajstić information content (AvgIpc) is 2.80. The third-order valence-electron chi connectivity index (χ3n) is 5.53. The Labute approximate surface area is 184 Å². The molecule has 1 aliphatic heterocycles. The van der Waals surface area contributed by atoms with Crippen LogP contribution in [0, 0.1) is 6.92 Å². The van der Waals surface area contributed by atoms with Crippen LogP contribution in [0.4, 0.5) is 17.1 Å². The second-order valence-corrected chi connectivity index (χ2v) is 9.32. The van der Waals surface area contributed by atoms with Crippen LogP contribution in [-0.2, 0) is 10.0 Å². The summed E-state index contributed by atoms with van der Waals surface area (Å²) in [6.45, 7) is 5.59. The molecule has 1 saturated heterocycles. The number of anilines is 3. The molecule has 0 amide bonds. The van der Waals surface area contributed by atoms with E-state index in [1.165, 1.54) is 5.69 Å². The number of sulfonamides is 1. The second kappa shape index (κ2) is 8.89. The number of benzene rings is 3. The lowest BCUT2D eigenvalue weighted by Gasteiger charge is -2.37. The quantitative estimate of drug-likeness (QED) is 0.628. The molecule has 1 heterocycles. The lowest BCUT2D eigenvalue weighted by atomic mass is 10.2. The predicted molar refractivity (Wildman–Crippen MR) is 126 cm³/mol. The topological polar surface area (TPSA) is 61.9 Å². The molecule has 0 aromatic heterocycles. The molecule has 0 atom stereocenters. The summed E-state index contributed by atoms with van der Waals surface area (Å²) in [4.78, 5) is 4.94. The maximum absolute atomic E-state index is 12.6. The average molecular weight is 438 g/mol. The molecule has 0 bridgehead atoms. The number of hydrogen-bond donors (Lipinski definition) is 1. The van der Waals surface area contributed by atoms with E-state index in [2.05, 4.69) is 26.7 Å². The third-order valence-corrected chi connectivity index (χ3v) is 6.93. The Balaban J connectivity index is 1.37. The van der Waals surface area contributed by atoms with Gasteiger partial charge in [0.1, 0.15) is 5.75 Å². The number of rotatable bonds is 6. The van der Waals surface area contributed by atoms with Crippen molar-refractivity contribution in [3.63, 3.8) is 0 Å². The zero-order valence-electron chi connectivity index (χ0n) is 17.8. The van der Waals surface area contributed by atoms with Crippen molar-refractivity contribution < 1.29 is 13.2 Å². The molecule has 0 spiro atoms. The summed E-state index contributed by atoms with van der Waals surface area (Å²) in [5.41, 5.74) is 3.87. The number of piperazine rings is 1. The van der Waals surface area contributed by atoms with Gasteiger partial charge >= 0.3 is 0 Å². The van der Waals surface area contributed by atoms with Crippen molar-refractivity contribution in [3.05, 3.63) is 78.4 Å². The fourth-order valence-electron chi connectivity index (χ4n) is 3.69. The summed E-state index contributed by atoms with van der Waals surface area (Å²) in [5, 5.41) is 0. The van der Waals surface area contributed by atoms with Crippen LogP contribution in [0.3, 0.4) is 0 Å². The molecule has 0 saturated carbocycles. The molecule has 162 valence electrons. The molecule has 1 fully saturated rings. The van der Waals surface area contributed by atoms with E-state index in [1.807, 2.05) is 43.3 Å². The highest BCUT2D eigenvalue weighted by Gasteiger charge is 2.18. The van der Waals surface area contributed by atoms with Crippen molar-refractivity contribution in [1.29, 1.82) is 0 Å². The molecular formula is C24H27N3O3S. The van der Waals surface area contributed by atoms with Gasteiger partial charge in [-0.15, -0.1) is 0 Å². The first-order chi connectivity index (χ1) is 14.9. The SMILES string of the molecule is COc1ccc(N2CCN(c3ccc(NS(=O)(=O)c4ccc(C)cc4)cc3)CC2)cc1. The Morgan fingerprint density at radius 1 is 0.742 bits per heavy atom. The highest BCUT2D eigenvalue weighted by atomic mass is 32.2. The zero-order chi connectivity index (χ0) is 21.8. The van der Waals surface area contributed by atoms with Gasteiger partial charge in [-0.25, -0.2) is 8.42 Å². The smallest absolute Gasteiger partial charge is 0.261 e. The van der Waals surface area contributed by atoms with E-state index in [-0.39, 0.29) is 4.90 Å². The van der Waals surface area contributed by atoms with Gasteiger partial charge in [0.05, 0.1) is 12.0 Å². The van der Waals surface area contributed by atoms with E-state index in [4.69, 9.17) is 4.74 Å². The Hall–Kier alpha value is -3.19. The molecular weight excluding hydrogens is 410 g/mol. The van der Waals surface area contributed by atoms with Gasteiger partial charge in [-0.05, 0) is 67.6 Å². The first-order valence-electron chi connectivity index (χ1n) is 10.3. The first-order valence-corrected chi connectivity index (χ1v) is 11.8. The number of nitrogens with zero attached hydrogens (tertiary/aromatic N) is 2. The summed E-state index contributed by atoms with van der Waals surface area (Å²) in [6, 6.07) is 22.5. The first kappa shape index (κ1) is 21.1. The fourth-order valence-corrected chi connectivity index (χ4v) is 4.75. The minimum absolute atomic E-state index is 0.261. The molecule has 0 aliphatic carbocycles. The van der Waals surface area contributed by atoms with Crippen LogP contribution in [-0.4, -0.2) is 41.7 Å². The van der Waals surface area contributed by atoms with E-state index in [1.54, 1.807) is 31.4 Å². The summed E-state index contributed by atoms with van der Waals surface area (Å²) in [6.07, 6.45) is 0. The molecule has 0 radical (unpaired) electrons. The third kappa shape index (κ3) is 4.94. The van der Waals surface area contributed by atoms with Crippen molar-refractivity contribution in [3.8, 4) is 5.75 Å². The van der Waals surface area contributed by atoms with E-state index in [9.17, 15) is 8.42 Å². The zero-order valence-corrected chi connectivity index (χ0v) is 18.6. The normalized spacial score (nSPS) is 14.4. The van der Waals surface area contributed by atoms with E-state index in [0.717, 1.165) is 43.2 Å². The molecule has 7 heteroatoms. The molecule has 4 rings (SSSR count). The van der Waals surface area contributed by atoms with Gasteiger partial charge in [-0.1, -0.05) is 17.7 Å². The van der Waals surface area contributed by atoms with Crippen LogP contribution in [0.1, 0.15) is 5.56 Å². The highest BCUT2D eigenvalue weighted by molar-refractivity contribution is 7.92. The molecule has 3 aromatic carbocycles. The van der Waals surface area contributed by atoms with Crippen LogP contribution in [0.2, 0.25) is 0 Å². The largest absolute Gasteiger partial charge is 0.497 e. The summed E-state index contributed by atoms with van der Waals surface area (Å²) >= 11 is 0. The Morgan fingerprint density at radius 2 is 1.23 bits per heavy atom. The number of nitrogens with one attached hydrogen (secondary N) is 1. The number of ether oxygens (including phenoxy) is 1. The summed E-state index contributed by atoms with van der Waals surface area (Å²) in [5.74, 6) is 0.862. The minimum Gasteiger partial charge on any atom is -0.497 e. The minimum atomic E-state index is -3.59. The lowest BCUT2D eigenvalue weighted by Crippen LogP contribution is -2.46. The van der Waals surface area contributed by atoms with Gasteiger partial charge in [-0.2, -0.15) is 0 Å². The predicted octanol–water partition coefficient (Wildman–Crippen LogP) is 4.13. The molecule has 3 aromatic rings. The Morgan fingerprint density at radius 3 is 1.71 bits per heavy atom. The molecule has 0 unspecified atom stereocenters. The van der Waals surface area contributed by atoms with E-state index in [0.29, 0.717) is 5.69 Å².